The topological polar surface area (TPSA) is 63.1 Å². The van der Waals surface area contributed by atoms with Gasteiger partial charge >= 0.3 is 5.97 Å². The van der Waals surface area contributed by atoms with E-state index >= 15 is 0 Å². The Morgan fingerprint density at radius 1 is 1.10 bits per heavy atom. The van der Waals surface area contributed by atoms with Gasteiger partial charge in [0.15, 0.2) is 0 Å². The molecule has 2 aromatic heterocycles. The minimum Gasteiger partial charge on any atom is -0.478 e. The summed E-state index contributed by atoms with van der Waals surface area (Å²) in [5.74, 6) is -0.955. The molecular formula is C15H10N2NaO2. The van der Waals surface area contributed by atoms with Crippen molar-refractivity contribution >= 4 is 46.4 Å². The van der Waals surface area contributed by atoms with Gasteiger partial charge < -0.3 is 5.11 Å². The SMILES string of the molecule is O=C(O)c1cc(-c2cccnc2)nc2ccccc12.[Na]. The van der Waals surface area contributed by atoms with E-state index in [0.717, 1.165) is 5.56 Å². The van der Waals surface area contributed by atoms with E-state index in [1.165, 1.54) is 0 Å². The normalized spacial score (nSPS) is 10.0. The van der Waals surface area contributed by atoms with E-state index in [9.17, 15) is 9.90 Å². The van der Waals surface area contributed by atoms with Crippen LogP contribution in [0.3, 0.4) is 0 Å². The molecule has 0 amide bonds. The number of hydrogen-bond donors (Lipinski definition) is 1. The fraction of sp³-hybridized carbons (Fsp3) is 0. The molecule has 0 bridgehead atoms. The van der Waals surface area contributed by atoms with Crippen LogP contribution in [0, 0.1) is 0 Å². The predicted octanol–water partition coefficient (Wildman–Crippen LogP) is 2.61. The Bertz CT molecular complexity index is 760. The third kappa shape index (κ3) is 2.72. The molecule has 0 spiro atoms. The van der Waals surface area contributed by atoms with Crippen molar-refractivity contribution in [1.82, 2.24) is 9.97 Å². The number of benzene rings is 1. The van der Waals surface area contributed by atoms with Crippen LogP contribution < -0.4 is 0 Å². The van der Waals surface area contributed by atoms with E-state index in [-0.39, 0.29) is 35.1 Å². The van der Waals surface area contributed by atoms with Gasteiger partial charge in [0.25, 0.3) is 0 Å². The summed E-state index contributed by atoms with van der Waals surface area (Å²) in [6.07, 6.45) is 3.34. The summed E-state index contributed by atoms with van der Waals surface area (Å²) < 4.78 is 0. The second kappa shape index (κ2) is 6.13. The zero-order valence-corrected chi connectivity index (χ0v) is 12.9. The van der Waals surface area contributed by atoms with Gasteiger partial charge in [0, 0.05) is 52.9 Å². The van der Waals surface area contributed by atoms with Crippen molar-refractivity contribution in [3.63, 3.8) is 0 Å². The van der Waals surface area contributed by atoms with Crippen LogP contribution in [0.1, 0.15) is 10.4 Å². The first-order valence-electron chi connectivity index (χ1n) is 5.79. The minimum absolute atomic E-state index is 0. The van der Waals surface area contributed by atoms with Crippen LogP contribution in [0.25, 0.3) is 22.2 Å². The first-order chi connectivity index (χ1) is 9.25. The Hall–Kier alpha value is -1.75. The van der Waals surface area contributed by atoms with Crippen LogP contribution in [0.4, 0.5) is 0 Å². The molecule has 1 radical (unpaired) electrons. The van der Waals surface area contributed by atoms with Gasteiger partial charge in [-0.1, -0.05) is 18.2 Å². The first-order valence-corrected chi connectivity index (χ1v) is 5.79. The summed E-state index contributed by atoms with van der Waals surface area (Å²) in [6, 6.07) is 12.5. The van der Waals surface area contributed by atoms with Crippen molar-refractivity contribution in [2.45, 2.75) is 0 Å². The molecule has 1 N–H and O–H groups in total. The van der Waals surface area contributed by atoms with E-state index in [4.69, 9.17) is 0 Å². The number of carboxylic acids is 1. The summed E-state index contributed by atoms with van der Waals surface area (Å²) >= 11 is 0. The summed E-state index contributed by atoms with van der Waals surface area (Å²) in [5, 5.41) is 9.95. The Balaban J connectivity index is 0.00000147. The molecule has 4 nitrogen and oxygen atoms in total. The Morgan fingerprint density at radius 3 is 2.60 bits per heavy atom. The molecule has 5 heteroatoms. The third-order valence-corrected chi connectivity index (χ3v) is 2.90. The van der Waals surface area contributed by atoms with Gasteiger partial charge in [0.2, 0.25) is 0 Å². The number of nitrogens with zero attached hydrogens (tertiary/aromatic N) is 2. The average Bonchev–Trinajstić information content (AvgIpc) is 2.47. The number of aromatic carboxylic acids is 1. The van der Waals surface area contributed by atoms with E-state index < -0.39 is 5.97 Å². The van der Waals surface area contributed by atoms with Crippen molar-refractivity contribution < 1.29 is 9.90 Å². The molecular weight excluding hydrogens is 263 g/mol. The molecule has 0 fully saturated rings. The fourth-order valence-corrected chi connectivity index (χ4v) is 2.01. The van der Waals surface area contributed by atoms with E-state index in [1.807, 2.05) is 18.2 Å². The Labute approximate surface area is 137 Å². The van der Waals surface area contributed by atoms with Crippen LogP contribution in [-0.2, 0) is 0 Å². The van der Waals surface area contributed by atoms with Crippen molar-refractivity contribution in [1.29, 1.82) is 0 Å². The van der Waals surface area contributed by atoms with Gasteiger partial charge in [-0.05, 0) is 24.3 Å². The molecule has 0 atom stereocenters. The first kappa shape index (κ1) is 14.7. The molecule has 93 valence electrons. The standard InChI is InChI=1S/C15H10N2O2.Na/c18-15(19)12-8-14(10-4-3-7-16-9-10)17-13-6-2-1-5-11(12)13;/h1-9H,(H,18,19);. The quantitative estimate of drug-likeness (QED) is 0.729. The molecule has 0 unspecified atom stereocenters. The van der Waals surface area contributed by atoms with Crippen molar-refractivity contribution in [3.8, 4) is 11.3 Å². The molecule has 3 aromatic rings. The van der Waals surface area contributed by atoms with Crippen molar-refractivity contribution in [2.75, 3.05) is 0 Å². The van der Waals surface area contributed by atoms with Crippen LogP contribution in [0.5, 0.6) is 0 Å². The van der Waals surface area contributed by atoms with Crippen LogP contribution in [0.15, 0.2) is 54.9 Å². The number of pyridine rings is 2. The predicted molar refractivity (Wildman–Crippen MR) is 77.7 cm³/mol. The smallest absolute Gasteiger partial charge is 0.336 e. The molecule has 1 aromatic carbocycles. The number of fused-ring (bicyclic) bond motifs is 1. The second-order valence-electron chi connectivity index (χ2n) is 4.12. The third-order valence-electron chi connectivity index (χ3n) is 2.90. The van der Waals surface area contributed by atoms with Crippen molar-refractivity contribution in [3.05, 3.63) is 60.4 Å². The number of carbonyl (C=O) groups is 1. The van der Waals surface area contributed by atoms with Crippen LogP contribution in [-0.4, -0.2) is 50.6 Å². The maximum Gasteiger partial charge on any atom is 0.336 e. The average molecular weight is 273 g/mol. The van der Waals surface area contributed by atoms with Gasteiger partial charge in [-0.25, -0.2) is 9.78 Å². The molecule has 0 aliphatic rings. The molecule has 0 saturated carbocycles. The van der Waals surface area contributed by atoms with Gasteiger partial charge in [0.05, 0.1) is 16.8 Å². The van der Waals surface area contributed by atoms with Crippen LogP contribution in [0.2, 0.25) is 0 Å². The van der Waals surface area contributed by atoms with Gasteiger partial charge in [-0.2, -0.15) is 0 Å². The Morgan fingerprint density at radius 2 is 1.90 bits per heavy atom. The van der Waals surface area contributed by atoms with E-state index in [1.54, 1.807) is 36.7 Å². The van der Waals surface area contributed by atoms with Gasteiger partial charge in [-0.3, -0.25) is 4.98 Å². The number of hydrogen-bond acceptors (Lipinski definition) is 3. The number of aromatic nitrogens is 2. The van der Waals surface area contributed by atoms with Gasteiger partial charge in [-0.15, -0.1) is 0 Å². The van der Waals surface area contributed by atoms with E-state index in [0.29, 0.717) is 16.6 Å². The Kier molecular flexibility index (Phi) is 4.49. The molecule has 2 heterocycles. The largest absolute Gasteiger partial charge is 0.478 e. The molecule has 0 saturated heterocycles. The maximum absolute atomic E-state index is 11.4. The molecule has 3 rings (SSSR count). The van der Waals surface area contributed by atoms with E-state index in [2.05, 4.69) is 9.97 Å². The zero-order valence-electron chi connectivity index (χ0n) is 10.9. The summed E-state index contributed by atoms with van der Waals surface area (Å²) in [7, 11) is 0. The second-order valence-corrected chi connectivity index (χ2v) is 4.12. The fourth-order valence-electron chi connectivity index (χ4n) is 2.01. The zero-order chi connectivity index (χ0) is 13.2. The minimum atomic E-state index is -0.955. The summed E-state index contributed by atoms with van der Waals surface area (Å²) in [6.45, 7) is 0. The van der Waals surface area contributed by atoms with Crippen molar-refractivity contribution in [2.24, 2.45) is 0 Å². The van der Waals surface area contributed by atoms with Crippen LogP contribution >= 0.6 is 0 Å². The molecule has 0 aliphatic carbocycles. The number of carboxylic acid groups (broad SMARTS) is 1. The molecule has 0 aliphatic heterocycles. The maximum atomic E-state index is 11.4. The molecule has 20 heavy (non-hydrogen) atoms. The van der Waals surface area contributed by atoms with Gasteiger partial charge in [0.1, 0.15) is 0 Å². The monoisotopic (exact) mass is 273 g/mol. The summed E-state index contributed by atoms with van der Waals surface area (Å²) in [5.41, 5.74) is 2.34. The summed E-state index contributed by atoms with van der Waals surface area (Å²) in [4.78, 5) is 19.9. The number of rotatable bonds is 2. The number of para-hydroxylation sites is 1.